The van der Waals surface area contributed by atoms with Crippen LogP contribution in [0.1, 0.15) is 105 Å². The van der Waals surface area contributed by atoms with Crippen molar-refractivity contribution in [2.24, 2.45) is 16.7 Å². The number of Topliss-reactive ketones (excluding diaryl/α,β-unsaturated/α-hetero) is 1. The van der Waals surface area contributed by atoms with Gasteiger partial charge in [-0.15, -0.1) is 0 Å². The van der Waals surface area contributed by atoms with E-state index in [4.69, 9.17) is 23.7 Å². The van der Waals surface area contributed by atoms with Crippen molar-refractivity contribution in [1.82, 2.24) is 5.32 Å². The Labute approximate surface area is 382 Å². The highest BCUT2D eigenvalue weighted by Crippen LogP contribution is 2.64. The van der Waals surface area contributed by atoms with Gasteiger partial charge in [-0.2, -0.15) is 0 Å². The molecule has 0 spiro atoms. The number of aryl methyl sites for hydroxylation is 1. The Hall–Kier alpha value is -5.74. The van der Waals surface area contributed by atoms with Gasteiger partial charge in [-0.1, -0.05) is 80.6 Å². The number of benzene rings is 3. The summed E-state index contributed by atoms with van der Waals surface area (Å²) in [6, 6.07) is 22.9. The van der Waals surface area contributed by atoms with Crippen LogP contribution < -0.4 is 5.32 Å². The van der Waals surface area contributed by atoms with Crippen LogP contribution in [0.25, 0.3) is 0 Å². The molecule has 4 N–H and O–H groups in total. The highest BCUT2D eigenvalue weighted by atomic mass is 16.6. The summed E-state index contributed by atoms with van der Waals surface area (Å²) in [5, 5.41) is 41.3. The first kappa shape index (κ1) is 46.8. The number of esters is 4. The zero-order valence-corrected chi connectivity index (χ0v) is 37.9. The first-order valence-corrected chi connectivity index (χ1v) is 22.5. The monoisotopic (exact) mass is 907 g/mol. The van der Waals surface area contributed by atoms with Gasteiger partial charge in [0.25, 0.3) is 5.91 Å². The normalized spacial score (nSPS) is 35.2. The largest absolute Gasteiger partial charge is 0.456 e. The molecule has 66 heavy (non-hydrogen) atoms. The molecule has 8 rings (SSSR count). The Bertz CT molecular complexity index is 2450. The van der Waals surface area contributed by atoms with E-state index in [1.807, 2.05) is 30.3 Å². The number of aliphatic hydroxyl groups excluding tert-OH is 2. The topological polar surface area (TPSA) is 221 Å². The molecule has 3 unspecified atom stereocenters. The molecule has 1 amide bonds. The Morgan fingerprint density at radius 1 is 0.848 bits per heavy atom. The summed E-state index contributed by atoms with van der Waals surface area (Å²) < 4.78 is 30.9. The van der Waals surface area contributed by atoms with Gasteiger partial charge in [0.1, 0.15) is 23.9 Å². The molecule has 0 aromatic heterocycles. The average Bonchev–Trinajstić information content (AvgIpc) is 3.28. The second kappa shape index (κ2) is 17.5. The fourth-order valence-corrected chi connectivity index (χ4v) is 11.7. The molecule has 3 aliphatic carbocycles. The fraction of sp³-hybridized carbons (Fsp3) is 0.490. The highest BCUT2D eigenvalue weighted by Gasteiger charge is 2.78. The smallest absolute Gasteiger partial charge is 0.338 e. The summed E-state index contributed by atoms with van der Waals surface area (Å²) in [4.78, 5) is 85.6. The molecular weight excluding hydrogens is 851 g/mol. The van der Waals surface area contributed by atoms with E-state index in [-0.39, 0.29) is 41.7 Å². The number of hydrogen-bond donors (Lipinski definition) is 4. The van der Waals surface area contributed by atoms with Gasteiger partial charge < -0.3 is 44.3 Å². The third-order valence-corrected chi connectivity index (χ3v) is 15.2. The summed E-state index contributed by atoms with van der Waals surface area (Å²) in [6.07, 6.45) is -9.47. The molecule has 2 aliphatic heterocycles. The number of amides is 1. The number of carbonyl (C=O) groups is 6. The minimum absolute atomic E-state index is 0.0165. The number of nitrogens with one attached hydrogen (secondary N) is 1. The second-order valence-corrected chi connectivity index (χ2v) is 19.2. The van der Waals surface area contributed by atoms with E-state index >= 15 is 9.59 Å². The maximum Gasteiger partial charge on any atom is 0.338 e. The lowest BCUT2D eigenvalue weighted by atomic mass is 9.44. The van der Waals surface area contributed by atoms with Crippen molar-refractivity contribution in [2.45, 2.75) is 133 Å². The molecule has 2 heterocycles. The van der Waals surface area contributed by atoms with Crippen molar-refractivity contribution in [3.8, 4) is 0 Å². The summed E-state index contributed by atoms with van der Waals surface area (Å²) in [5.41, 5.74) is -5.99. The van der Waals surface area contributed by atoms with Crippen LogP contribution in [0.5, 0.6) is 0 Å². The summed E-state index contributed by atoms with van der Waals surface area (Å²) in [6.45, 7) is 8.12. The van der Waals surface area contributed by atoms with Gasteiger partial charge in [0.05, 0.1) is 35.6 Å². The van der Waals surface area contributed by atoms with E-state index in [9.17, 15) is 34.5 Å². The molecule has 5 aliphatic rings. The van der Waals surface area contributed by atoms with Gasteiger partial charge in [-0.05, 0) is 73.6 Å². The molecule has 15 nitrogen and oxygen atoms in total. The maximum absolute atomic E-state index is 15.6. The van der Waals surface area contributed by atoms with Gasteiger partial charge in [0.2, 0.25) is 0 Å². The SMILES string of the molecule is CC(=O)O[C@H]1C(=O)[C@@]2(C)C([C@@H]3OC(=O)c4ccccc4CCCC(c4ccccc4)[C@H](NC(=O)c4ccccc4)[C@@H](O)C(=O)O[C@H]4C[C@]3(O)C(C)(C)C1=C4C)[C@]1(OC(C)=O)COC1C[C@@H]2O. The number of rotatable bonds is 5. The fourth-order valence-electron chi connectivity index (χ4n) is 11.7. The minimum atomic E-state index is -2.39. The predicted molar refractivity (Wildman–Crippen MR) is 234 cm³/mol. The lowest BCUT2D eigenvalue weighted by molar-refractivity contribution is -0.346. The van der Waals surface area contributed by atoms with Crippen LogP contribution in [-0.4, -0.2) is 111 Å². The van der Waals surface area contributed by atoms with E-state index < -0.39 is 119 Å². The number of ether oxygens (including phenoxy) is 5. The van der Waals surface area contributed by atoms with Crippen molar-refractivity contribution in [3.63, 3.8) is 0 Å². The van der Waals surface area contributed by atoms with E-state index in [1.165, 1.54) is 13.8 Å². The Morgan fingerprint density at radius 2 is 1.50 bits per heavy atom. The highest BCUT2D eigenvalue weighted by molar-refractivity contribution is 5.96. The third-order valence-electron chi connectivity index (χ3n) is 15.2. The van der Waals surface area contributed by atoms with Crippen molar-refractivity contribution in [3.05, 3.63) is 118 Å². The minimum Gasteiger partial charge on any atom is -0.456 e. The first-order chi connectivity index (χ1) is 31.3. The van der Waals surface area contributed by atoms with Crippen LogP contribution in [0.2, 0.25) is 0 Å². The van der Waals surface area contributed by atoms with Gasteiger partial charge in [0, 0.05) is 43.6 Å². The van der Waals surface area contributed by atoms with Gasteiger partial charge in [0.15, 0.2) is 23.6 Å². The lowest BCUT2D eigenvalue weighted by Gasteiger charge is -2.67. The third kappa shape index (κ3) is 7.63. The number of carbonyl (C=O) groups excluding carboxylic acids is 6. The second-order valence-electron chi connectivity index (χ2n) is 19.2. The van der Waals surface area contributed by atoms with Crippen LogP contribution >= 0.6 is 0 Å². The number of fused-ring (bicyclic) bond motifs is 7. The van der Waals surface area contributed by atoms with Crippen LogP contribution in [0.15, 0.2) is 96.1 Å². The Morgan fingerprint density at radius 3 is 2.14 bits per heavy atom. The average molecular weight is 908 g/mol. The van der Waals surface area contributed by atoms with Crippen LogP contribution in [-0.2, 0) is 49.3 Å². The molecule has 3 aromatic rings. The quantitative estimate of drug-likeness (QED) is 0.158. The standard InChI is InChI=1S/C51H57NO14/c1-27-35-25-51(61)44(42-49(6,36(55)24-37-50(42,26-62-37)66-29(3)54)43(57)41(63-28(2)53)38(27)48(51,4)5)65-46(59)34-22-14-13-18-31(34)21-15-23-33(30-16-9-7-10-17-30)39(40(56)47(60)64-35)52-45(58)32-19-11-8-12-20-32/h7-14,16-20,22,33,35-37,39-42,44,55-56,61H,15,21,23-26H2,1-6H3,(H,52,58)/t33?,35-,36-,37?,39-,40+,41+,42?,44-,49+,50-,51+/m0/s1. The first-order valence-electron chi connectivity index (χ1n) is 22.5. The zero-order chi connectivity index (χ0) is 47.5. The van der Waals surface area contributed by atoms with Crippen molar-refractivity contribution in [1.29, 1.82) is 0 Å². The van der Waals surface area contributed by atoms with Crippen molar-refractivity contribution in [2.75, 3.05) is 6.61 Å². The number of aliphatic hydroxyl groups is 3. The van der Waals surface area contributed by atoms with Gasteiger partial charge >= 0.3 is 23.9 Å². The molecule has 350 valence electrons. The summed E-state index contributed by atoms with van der Waals surface area (Å²) >= 11 is 0. The van der Waals surface area contributed by atoms with E-state index in [0.29, 0.717) is 24.0 Å². The molecular formula is C51H57NO14. The molecule has 15 heteroatoms. The van der Waals surface area contributed by atoms with E-state index in [1.54, 1.807) is 75.4 Å². The van der Waals surface area contributed by atoms with Gasteiger partial charge in [-0.3, -0.25) is 19.2 Å². The van der Waals surface area contributed by atoms with Crippen LogP contribution in [0, 0.1) is 16.7 Å². The molecule has 3 fully saturated rings. The molecule has 2 saturated carbocycles. The summed E-state index contributed by atoms with van der Waals surface area (Å²) in [5.74, 6) is -7.36. The molecule has 1 saturated heterocycles. The maximum atomic E-state index is 15.6. The molecule has 3 aromatic carbocycles. The van der Waals surface area contributed by atoms with E-state index in [0.717, 1.165) is 6.92 Å². The van der Waals surface area contributed by atoms with Crippen LogP contribution in [0.3, 0.4) is 0 Å². The molecule has 12 atom stereocenters. The van der Waals surface area contributed by atoms with Crippen molar-refractivity contribution >= 4 is 35.6 Å². The van der Waals surface area contributed by atoms with Crippen molar-refractivity contribution < 1.29 is 67.8 Å². The van der Waals surface area contributed by atoms with Gasteiger partial charge in [-0.25, -0.2) is 9.59 Å². The Kier molecular flexibility index (Phi) is 12.4. The number of ketones is 1. The van der Waals surface area contributed by atoms with E-state index in [2.05, 4.69) is 5.32 Å². The summed E-state index contributed by atoms with van der Waals surface area (Å²) in [7, 11) is 0. The lowest BCUT2D eigenvalue weighted by Crippen LogP contribution is -2.82. The zero-order valence-electron chi connectivity index (χ0n) is 37.9. The Balaban J connectivity index is 1.37. The number of hydrogen-bond acceptors (Lipinski definition) is 14. The predicted octanol–water partition coefficient (Wildman–Crippen LogP) is 4.48. The van der Waals surface area contributed by atoms with Crippen LogP contribution in [0.4, 0.5) is 0 Å². The molecule has 3 bridgehead atoms. The molecule has 0 radical (unpaired) electrons.